The molecule has 0 spiro atoms. The average molecular weight is 343 g/mol. The van der Waals surface area contributed by atoms with Gasteiger partial charge < -0.3 is 14.2 Å². The van der Waals surface area contributed by atoms with E-state index in [2.05, 4.69) is 40.2 Å². The Kier molecular flexibility index (Phi) is 7.00. The topological polar surface area (TPSA) is 27.7 Å². The quantitative estimate of drug-likeness (QED) is 0.509. The third-order valence-corrected chi connectivity index (χ3v) is 4.46. The molecule has 0 heterocycles. The molecule has 4 heteroatoms. The predicted molar refractivity (Wildman–Crippen MR) is 83.5 cm³/mol. The number of benzene rings is 1. The van der Waals surface area contributed by atoms with Gasteiger partial charge in [-0.3, -0.25) is 0 Å². The number of aryl methyl sites for hydroxylation is 1. The van der Waals surface area contributed by atoms with Gasteiger partial charge in [-0.25, -0.2) is 0 Å². The van der Waals surface area contributed by atoms with Crippen molar-refractivity contribution < 1.29 is 14.2 Å². The van der Waals surface area contributed by atoms with Crippen LogP contribution in [0.15, 0.2) is 30.3 Å². The molecule has 0 bridgehead atoms. The van der Waals surface area contributed by atoms with Crippen LogP contribution >= 0.6 is 15.9 Å². The second-order valence-electron chi connectivity index (χ2n) is 5.08. The standard InChI is InChI=1S/C16H23BrO3/c1-18-10-11-20-16-14(17)12-15(16)19-9-5-8-13-6-3-2-4-7-13/h2-4,6-7,14-16H,5,8-12H2,1H3. The van der Waals surface area contributed by atoms with E-state index in [0.29, 0.717) is 18.0 Å². The molecule has 1 aliphatic carbocycles. The van der Waals surface area contributed by atoms with Crippen LogP contribution in [0.1, 0.15) is 18.4 Å². The van der Waals surface area contributed by atoms with Gasteiger partial charge in [0.1, 0.15) is 0 Å². The van der Waals surface area contributed by atoms with Crippen molar-refractivity contribution in [3.8, 4) is 0 Å². The number of hydrogen-bond donors (Lipinski definition) is 0. The third kappa shape index (κ3) is 4.85. The molecule has 1 saturated carbocycles. The van der Waals surface area contributed by atoms with Crippen molar-refractivity contribution in [3.05, 3.63) is 35.9 Å². The van der Waals surface area contributed by atoms with Crippen LogP contribution in [-0.2, 0) is 20.6 Å². The lowest BCUT2D eigenvalue weighted by atomic mass is 9.91. The van der Waals surface area contributed by atoms with Gasteiger partial charge in [-0.2, -0.15) is 0 Å². The summed E-state index contributed by atoms with van der Waals surface area (Å²) in [7, 11) is 1.69. The van der Waals surface area contributed by atoms with Crippen LogP contribution in [0.4, 0.5) is 0 Å². The Hall–Kier alpha value is -0.420. The van der Waals surface area contributed by atoms with Crippen molar-refractivity contribution in [2.24, 2.45) is 0 Å². The van der Waals surface area contributed by atoms with Crippen LogP contribution in [-0.4, -0.2) is 44.0 Å². The predicted octanol–water partition coefficient (Wildman–Crippen LogP) is 3.20. The lowest BCUT2D eigenvalue weighted by Crippen LogP contribution is -2.51. The molecular formula is C16H23BrO3. The second-order valence-corrected chi connectivity index (χ2v) is 6.25. The molecule has 1 aliphatic rings. The van der Waals surface area contributed by atoms with Gasteiger partial charge >= 0.3 is 0 Å². The molecule has 0 aromatic heterocycles. The van der Waals surface area contributed by atoms with Gasteiger partial charge in [0.15, 0.2) is 0 Å². The smallest absolute Gasteiger partial charge is 0.0963 e. The van der Waals surface area contributed by atoms with Gasteiger partial charge in [-0.15, -0.1) is 0 Å². The summed E-state index contributed by atoms with van der Waals surface area (Å²) < 4.78 is 16.7. The van der Waals surface area contributed by atoms with Crippen molar-refractivity contribution in [1.29, 1.82) is 0 Å². The summed E-state index contributed by atoms with van der Waals surface area (Å²) >= 11 is 3.62. The zero-order chi connectivity index (χ0) is 14.2. The minimum Gasteiger partial charge on any atom is -0.382 e. The first-order valence-corrected chi connectivity index (χ1v) is 8.13. The second kappa shape index (κ2) is 8.78. The van der Waals surface area contributed by atoms with E-state index in [1.807, 2.05) is 6.07 Å². The zero-order valence-corrected chi connectivity index (χ0v) is 13.6. The SMILES string of the molecule is COCCOC1C(Br)CC1OCCCc1ccccc1. The molecule has 0 N–H and O–H groups in total. The van der Waals surface area contributed by atoms with E-state index >= 15 is 0 Å². The maximum atomic E-state index is 5.92. The number of alkyl halides is 1. The molecule has 0 amide bonds. The third-order valence-electron chi connectivity index (χ3n) is 3.56. The molecule has 0 saturated heterocycles. The van der Waals surface area contributed by atoms with Gasteiger partial charge in [-0.1, -0.05) is 46.3 Å². The van der Waals surface area contributed by atoms with E-state index in [9.17, 15) is 0 Å². The Morgan fingerprint density at radius 3 is 2.60 bits per heavy atom. The summed E-state index contributed by atoms with van der Waals surface area (Å²) in [6, 6.07) is 10.5. The highest BCUT2D eigenvalue weighted by atomic mass is 79.9. The number of ether oxygens (including phenoxy) is 3. The van der Waals surface area contributed by atoms with Crippen LogP contribution in [0.25, 0.3) is 0 Å². The fraction of sp³-hybridized carbons (Fsp3) is 0.625. The Bertz CT molecular complexity index is 371. The van der Waals surface area contributed by atoms with Crippen LogP contribution in [0.3, 0.4) is 0 Å². The molecule has 1 fully saturated rings. The molecule has 3 nitrogen and oxygen atoms in total. The Labute approximate surface area is 129 Å². The molecule has 20 heavy (non-hydrogen) atoms. The van der Waals surface area contributed by atoms with Gasteiger partial charge in [0.05, 0.1) is 25.4 Å². The summed E-state index contributed by atoms with van der Waals surface area (Å²) in [5.74, 6) is 0. The van der Waals surface area contributed by atoms with Crippen LogP contribution in [0.2, 0.25) is 0 Å². The molecule has 3 atom stereocenters. The molecule has 1 aromatic carbocycles. The van der Waals surface area contributed by atoms with E-state index in [1.165, 1.54) is 5.56 Å². The summed E-state index contributed by atoms with van der Waals surface area (Å²) in [5, 5.41) is 0. The Morgan fingerprint density at radius 1 is 1.10 bits per heavy atom. The van der Waals surface area contributed by atoms with Crippen LogP contribution in [0, 0.1) is 0 Å². The number of halogens is 1. The van der Waals surface area contributed by atoms with Gasteiger partial charge in [0.25, 0.3) is 0 Å². The van der Waals surface area contributed by atoms with Crippen molar-refractivity contribution in [2.75, 3.05) is 26.9 Å². The number of rotatable bonds is 9. The highest BCUT2D eigenvalue weighted by Crippen LogP contribution is 2.33. The molecule has 0 aliphatic heterocycles. The first-order chi connectivity index (χ1) is 9.81. The molecule has 2 rings (SSSR count). The van der Waals surface area contributed by atoms with E-state index in [4.69, 9.17) is 14.2 Å². The molecular weight excluding hydrogens is 320 g/mol. The minimum atomic E-state index is 0.168. The van der Waals surface area contributed by atoms with E-state index in [1.54, 1.807) is 7.11 Å². The number of methoxy groups -OCH3 is 1. The average Bonchev–Trinajstić information content (AvgIpc) is 2.48. The molecule has 3 unspecified atom stereocenters. The monoisotopic (exact) mass is 342 g/mol. The van der Waals surface area contributed by atoms with Crippen molar-refractivity contribution in [3.63, 3.8) is 0 Å². The van der Waals surface area contributed by atoms with Crippen molar-refractivity contribution >= 4 is 15.9 Å². The maximum Gasteiger partial charge on any atom is 0.0963 e. The largest absolute Gasteiger partial charge is 0.382 e. The summed E-state index contributed by atoms with van der Waals surface area (Å²) in [6.45, 7) is 2.06. The normalized spacial score (nSPS) is 25.4. The van der Waals surface area contributed by atoms with Gasteiger partial charge in [0.2, 0.25) is 0 Å². The highest BCUT2D eigenvalue weighted by Gasteiger charge is 2.41. The molecule has 1 aromatic rings. The summed E-state index contributed by atoms with van der Waals surface area (Å²) in [5.41, 5.74) is 1.37. The zero-order valence-electron chi connectivity index (χ0n) is 12.0. The summed E-state index contributed by atoms with van der Waals surface area (Å²) in [4.78, 5) is 0.415. The minimum absolute atomic E-state index is 0.168. The molecule has 0 radical (unpaired) electrons. The fourth-order valence-corrected chi connectivity index (χ4v) is 3.19. The molecule has 112 valence electrons. The first-order valence-electron chi connectivity index (χ1n) is 7.21. The first kappa shape index (κ1) is 16.0. The van der Waals surface area contributed by atoms with E-state index in [-0.39, 0.29) is 12.2 Å². The Balaban J connectivity index is 1.59. The lowest BCUT2D eigenvalue weighted by molar-refractivity contribution is -0.127. The van der Waals surface area contributed by atoms with Crippen LogP contribution < -0.4 is 0 Å². The highest BCUT2D eigenvalue weighted by molar-refractivity contribution is 9.09. The van der Waals surface area contributed by atoms with E-state index < -0.39 is 0 Å². The van der Waals surface area contributed by atoms with Crippen molar-refractivity contribution in [1.82, 2.24) is 0 Å². The maximum absolute atomic E-state index is 5.92. The van der Waals surface area contributed by atoms with Gasteiger partial charge in [0, 0.05) is 18.5 Å². The van der Waals surface area contributed by atoms with Gasteiger partial charge in [-0.05, 0) is 24.8 Å². The Morgan fingerprint density at radius 2 is 1.90 bits per heavy atom. The fourth-order valence-electron chi connectivity index (χ4n) is 2.33. The van der Waals surface area contributed by atoms with Crippen molar-refractivity contribution in [2.45, 2.75) is 36.3 Å². The lowest BCUT2D eigenvalue weighted by Gasteiger charge is -2.40. The number of hydrogen-bond acceptors (Lipinski definition) is 3. The summed E-state index contributed by atoms with van der Waals surface area (Å²) in [6.07, 6.45) is 3.55. The van der Waals surface area contributed by atoms with Crippen LogP contribution in [0.5, 0.6) is 0 Å². The van der Waals surface area contributed by atoms with E-state index in [0.717, 1.165) is 25.9 Å².